The first-order valence-corrected chi connectivity index (χ1v) is 10.9. The fraction of sp³-hybridized carbons (Fsp3) is 0. The molecule has 0 fully saturated rings. The van der Waals surface area contributed by atoms with Gasteiger partial charge < -0.3 is 0 Å². The van der Waals surface area contributed by atoms with E-state index in [1.54, 1.807) is 12.1 Å². The van der Waals surface area contributed by atoms with Gasteiger partial charge in [-0.1, -0.05) is 72.8 Å². The van der Waals surface area contributed by atoms with Gasteiger partial charge in [0, 0.05) is 16.3 Å². The Morgan fingerprint density at radius 1 is 0.630 bits per heavy atom. The maximum atomic E-state index is 12.8. The molecule has 1 aromatic heterocycles. The van der Waals surface area contributed by atoms with Crippen LogP contribution in [0, 0.1) is 0 Å². The van der Waals surface area contributed by atoms with Crippen molar-refractivity contribution in [3.63, 3.8) is 0 Å². The van der Waals surface area contributed by atoms with Crippen LogP contribution in [-0.2, 0) is 10.0 Å². The van der Waals surface area contributed by atoms with Gasteiger partial charge in [-0.25, -0.2) is 8.42 Å². The molecule has 4 rings (SSSR count). The third-order valence-electron chi connectivity index (χ3n) is 4.26. The van der Waals surface area contributed by atoms with Crippen LogP contribution in [0.4, 0.5) is 5.69 Å². The summed E-state index contributed by atoms with van der Waals surface area (Å²) in [5.74, 6) is 0. The first-order valence-electron chi connectivity index (χ1n) is 8.43. The van der Waals surface area contributed by atoms with Crippen molar-refractivity contribution in [1.82, 2.24) is 0 Å². The fourth-order valence-electron chi connectivity index (χ4n) is 2.88. The average Bonchev–Trinajstić information content (AvgIpc) is 3.17. The number of nitrogens with one attached hydrogen (secondary N) is 1. The molecule has 5 heteroatoms. The molecule has 4 aromatic rings. The van der Waals surface area contributed by atoms with E-state index < -0.39 is 10.0 Å². The van der Waals surface area contributed by atoms with Crippen LogP contribution in [0.1, 0.15) is 0 Å². The minimum Gasteiger partial charge on any atom is -0.278 e. The zero-order valence-electron chi connectivity index (χ0n) is 14.4. The molecule has 0 spiro atoms. The molecule has 0 saturated carbocycles. The van der Waals surface area contributed by atoms with Crippen LogP contribution in [-0.4, -0.2) is 8.42 Å². The van der Waals surface area contributed by atoms with Crippen LogP contribution in [0.5, 0.6) is 0 Å². The lowest BCUT2D eigenvalue weighted by Crippen LogP contribution is -2.12. The normalized spacial score (nSPS) is 11.3. The summed E-state index contributed by atoms with van der Waals surface area (Å²) in [5.41, 5.74) is 4.49. The maximum absolute atomic E-state index is 12.8. The standard InChI is InChI=1S/C22H17NO2S2/c24-27(25,20-13-11-18(12-14-20)17-7-3-1-4-8-17)23-22-16-26-15-21(22)19-9-5-2-6-10-19/h1-16,23H. The second kappa shape index (κ2) is 7.39. The molecule has 1 N–H and O–H groups in total. The van der Waals surface area contributed by atoms with E-state index in [1.807, 2.05) is 83.6 Å². The summed E-state index contributed by atoms with van der Waals surface area (Å²) in [6.07, 6.45) is 0. The fourth-order valence-corrected chi connectivity index (χ4v) is 4.81. The molecule has 3 aromatic carbocycles. The van der Waals surface area contributed by atoms with Gasteiger partial charge in [0.05, 0.1) is 10.6 Å². The minimum absolute atomic E-state index is 0.243. The van der Waals surface area contributed by atoms with E-state index in [0.717, 1.165) is 22.3 Å². The molecule has 0 atom stereocenters. The van der Waals surface area contributed by atoms with Crippen molar-refractivity contribution in [3.05, 3.63) is 95.7 Å². The summed E-state index contributed by atoms with van der Waals surface area (Å²) in [4.78, 5) is 0.243. The highest BCUT2D eigenvalue weighted by atomic mass is 32.2. The van der Waals surface area contributed by atoms with Gasteiger partial charge >= 0.3 is 0 Å². The molecule has 0 amide bonds. The first-order chi connectivity index (χ1) is 13.1. The third kappa shape index (κ3) is 3.79. The van der Waals surface area contributed by atoms with Crippen LogP contribution in [0.3, 0.4) is 0 Å². The second-order valence-electron chi connectivity index (χ2n) is 6.06. The zero-order valence-corrected chi connectivity index (χ0v) is 16.0. The number of rotatable bonds is 5. The van der Waals surface area contributed by atoms with E-state index in [4.69, 9.17) is 0 Å². The molecule has 0 bridgehead atoms. The summed E-state index contributed by atoms with van der Waals surface area (Å²) >= 11 is 1.47. The number of sulfonamides is 1. The topological polar surface area (TPSA) is 46.2 Å². The van der Waals surface area contributed by atoms with Crippen molar-refractivity contribution in [2.45, 2.75) is 4.90 Å². The van der Waals surface area contributed by atoms with Crippen LogP contribution >= 0.6 is 11.3 Å². The molecule has 134 valence electrons. The lowest BCUT2D eigenvalue weighted by molar-refractivity contribution is 0.601. The van der Waals surface area contributed by atoms with Crippen molar-refractivity contribution in [3.8, 4) is 22.3 Å². The van der Waals surface area contributed by atoms with Crippen molar-refractivity contribution < 1.29 is 8.42 Å². The highest BCUT2D eigenvalue weighted by molar-refractivity contribution is 7.92. The number of benzene rings is 3. The second-order valence-corrected chi connectivity index (χ2v) is 8.49. The molecule has 0 aliphatic heterocycles. The van der Waals surface area contributed by atoms with E-state index in [1.165, 1.54) is 11.3 Å². The Morgan fingerprint density at radius 2 is 1.19 bits per heavy atom. The molecule has 0 aliphatic carbocycles. The van der Waals surface area contributed by atoms with Gasteiger partial charge in [-0.3, -0.25) is 4.72 Å². The van der Waals surface area contributed by atoms with Crippen LogP contribution in [0.2, 0.25) is 0 Å². The Hall–Kier alpha value is -2.89. The molecule has 0 saturated heterocycles. The predicted octanol–water partition coefficient (Wildman–Crippen LogP) is 5.88. The van der Waals surface area contributed by atoms with Crippen molar-refractivity contribution in [2.24, 2.45) is 0 Å². The van der Waals surface area contributed by atoms with Crippen molar-refractivity contribution >= 4 is 27.0 Å². The highest BCUT2D eigenvalue weighted by Crippen LogP contribution is 2.33. The Kier molecular flexibility index (Phi) is 4.79. The average molecular weight is 392 g/mol. The summed E-state index contributed by atoms with van der Waals surface area (Å²) in [6, 6.07) is 26.6. The van der Waals surface area contributed by atoms with E-state index in [9.17, 15) is 8.42 Å². The molecule has 0 radical (unpaired) electrons. The Labute approximate surface area is 163 Å². The Balaban J connectivity index is 1.61. The quantitative estimate of drug-likeness (QED) is 0.461. The summed E-state index contributed by atoms with van der Waals surface area (Å²) in [5, 5.41) is 3.77. The monoisotopic (exact) mass is 391 g/mol. The Bertz CT molecular complexity index is 1130. The number of anilines is 1. The molecule has 0 aliphatic rings. The maximum Gasteiger partial charge on any atom is 0.261 e. The SMILES string of the molecule is O=S(=O)(Nc1cscc1-c1ccccc1)c1ccc(-c2ccccc2)cc1. The summed E-state index contributed by atoms with van der Waals surface area (Å²) < 4.78 is 28.4. The molecular weight excluding hydrogens is 374 g/mol. The zero-order chi connectivity index (χ0) is 18.7. The van der Waals surface area contributed by atoms with Gasteiger partial charge in [-0.2, -0.15) is 0 Å². The van der Waals surface area contributed by atoms with Crippen molar-refractivity contribution in [2.75, 3.05) is 4.72 Å². The molecular formula is C22H17NO2S2. The summed E-state index contributed by atoms with van der Waals surface area (Å²) in [6.45, 7) is 0. The lowest BCUT2D eigenvalue weighted by Gasteiger charge is -2.10. The first kappa shape index (κ1) is 17.5. The lowest BCUT2D eigenvalue weighted by atomic mass is 10.1. The predicted molar refractivity (Wildman–Crippen MR) is 112 cm³/mol. The van der Waals surface area contributed by atoms with Crippen LogP contribution in [0.25, 0.3) is 22.3 Å². The van der Waals surface area contributed by atoms with Gasteiger partial charge in [0.1, 0.15) is 0 Å². The van der Waals surface area contributed by atoms with Gasteiger partial charge in [0.15, 0.2) is 0 Å². The van der Waals surface area contributed by atoms with Crippen LogP contribution < -0.4 is 4.72 Å². The third-order valence-corrected chi connectivity index (χ3v) is 6.39. The molecule has 27 heavy (non-hydrogen) atoms. The molecule has 0 unspecified atom stereocenters. The van der Waals surface area contributed by atoms with E-state index in [2.05, 4.69) is 4.72 Å². The summed E-state index contributed by atoms with van der Waals surface area (Å²) in [7, 11) is -3.66. The van der Waals surface area contributed by atoms with E-state index in [-0.39, 0.29) is 4.90 Å². The largest absolute Gasteiger partial charge is 0.278 e. The van der Waals surface area contributed by atoms with Gasteiger partial charge in [-0.05, 0) is 28.8 Å². The van der Waals surface area contributed by atoms with Crippen LogP contribution in [0.15, 0.2) is 101 Å². The van der Waals surface area contributed by atoms with E-state index in [0.29, 0.717) is 5.69 Å². The van der Waals surface area contributed by atoms with Gasteiger partial charge in [-0.15, -0.1) is 11.3 Å². The molecule has 3 nitrogen and oxygen atoms in total. The smallest absolute Gasteiger partial charge is 0.261 e. The Morgan fingerprint density at radius 3 is 1.81 bits per heavy atom. The number of thiophene rings is 1. The number of hydrogen-bond donors (Lipinski definition) is 1. The highest BCUT2D eigenvalue weighted by Gasteiger charge is 2.17. The van der Waals surface area contributed by atoms with Gasteiger partial charge in [0.25, 0.3) is 10.0 Å². The van der Waals surface area contributed by atoms with Crippen molar-refractivity contribution in [1.29, 1.82) is 0 Å². The number of hydrogen-bond acceptors (Lipinski definition) is 3. The minimum atomic E-state index is -3.66. The van der Waals surface area contributed by atoms with Gasteiger partial charge in [0.2, 0.25) is 0 Å². The molecule has 1 heterocycles. The van der Waals surface area contributed by atoms with E-state index >= 15 is 0 Å².